The second-order valence-corrected chi connectivity index (χ2v) is 39.8. The first-order valence-electron chi connectivity index (χ1n) is 44.4. The number of aliphatic hydroxyl groups excluding tert-OH is 5. The molecule has 718 valence electrons. The van der Waals surface area contributed by atoms with Crippen molar-refractivity contribution in [3.8, 4) is 34.5 Å². The van der Waals surface area contributed by atoms with E-state index >= 15 is 0 Å². The molecule has 10 aliphatic rings. The molecule has 16 rings (SSSR count). The van der Waals surface area contributed by atoms with Crippen molar-refractivity contribution in [1.82, 2.24) is 9.80 Å². The Kier molecular flexibility index (Phi) is 27.1. The number of hydrogen-bond acceptors (Lipinski definition) is 34. The third kappa shape index (κ3) is 17.0. The minimum Gasteiger partial charge on any atom is -0.507 e. The van der Waals surface area contributed by atoms with E-state index in [9.17, 15) is 110 Å². The molecule has 16 unspecified atom stereocenters. The summed E-state index contributed by atoms with van der Waals surface area (Å²) in [7, 11) is 13.4. The molecule has 34 nitrogen and oxygen atoms in total. The SMILES string of the molecule is CO[C@H]1[C@H](OC2CC(C)(N(C)C)C(OC3CC(C)(O)C(N(C)C)C(C)O3)C(C)O2)c2c(cc3c(c2O)C(=O)c2c(O)cc(CO)cc2C3=O)C[C@@]1(C)O.CO[C@H]1[C@H](OC2CC(C)C(O)C(C)(O)C2)c2c(cc3c(c2O)C(=O)c2c(O)cc(CO)cc2C3=O)C[C@@]1(C)O.CO[C@H]1[C@H](OC2CC(C)C(O)C(C)(OC)C2)c2c(cc3c(c2O)C(=O)c2c(O)cc(CO)cc2C3=O)C[C@@]1(C)O. The number of aromatic hydroxyl groups is 6. The standard InChI is InChI=1S/C39H54N2O12.C30H36O10.C29H34O10/c1-18-34(40(6)7)38(4,47)16-26(50-18)53-35-19(2)51-25(15-37(35,3)41(8)9)52-33-27-21(14-39(5,48)36(33)49-10)13-23-29(31(27)45)32(46)28-22(30(23)44)11-20(17-42)12-24(28)43;1-13-6-16(11-30(3,39-5)27(13)36)40-26-20-15(10-29(2,37)28(26)38-4)9-18-22(24(20)34)25(35)21-17(23(18)33)7-14(12-31)8-19(21)32;1-12-5-15(10-28(2,36)26(12)35)39-25-19-14(9-29(3,37)27(25)38-4)8-17-21(23(19)33)24(34)20-16(22(17)32)6-13(11-30)7-18(20)31/h11-13,18-19,25-26,33-36,42-43,45,47-48H,14-17H2,1-10H3;7-9,13,16,26-28,31-32,34,36-37H,6,10-12H2,1-5H3;6-8,12,15,25-27,30-31,33,35-37H,5,9-11H2,1-4H3/t18?,19?,25?,26?,33-,34?,35?,36+,37?,38?,39-;13?,16?,26-,27?,28+,29-,30?;12?,15?,25-,26?,27+,28?,29-/m111/s1. The van der Waals surface area contributed by atoms with Crippen molar-refractivity contribution in [3.05, 3.63) is 171 Å². The maximum absolute atomic E-state index is 13.9. The molecule has 0 aromatic heterocycles. The van der Waals surface area contributed by atoms with Gasteiger partial charge in [0.15, 0.2) is 29.9 Å². The Morgan fingerprint density at radius 1 is 0.386 bits per heavy atom. The molecule has 0 spiro atoms. The second kappa shape index (κ2) is 36.1. The fraction of sp³-hybridized carbons (Fsp3) is 0.571. The van der Waals surface area contributed by atoms with Crippen LogP contribution in [0.5, 0.6) is 34.5 Å². The van der Waals surface area contributed by atoms with E-state index in [0.29, 0.717) is 36.0 Å². The highest BCUT2D eigenvalue weighted by Crippen LogP contribution is 2.56. The van der Waals surface area contributed by atoms with Crippen molar-refractivity contribution in [1.29, 1.82) is 0 Å². The molecule has 0 radical (unpaired) electrons. The van der Waals surface area contributed by atoms with Crippen LogP contribution in [0.15, 0.2) is 54.6 Å². The molecule has 8 aliphatic carbocycles. The summed E-state index contributed by atoms with van der Waals surface area (Å²) in [6.45, 7) is 17.9. The number of carbonyl (C=O) groups is 6. The van der Waals surface area contributed by atoms with Crippen molar-refractivity contribution in [2.75, 3.05) is 56.6 Å². The van der Waals surface area contributed by atoms with Crippen molar-refractivity contribution < 1.29 is 158 Å². The lowest BCUT2D eigenvalue weighted by Crippen LogP contribution is -2.66. The molecule has 25 atom stereocenters. The van der Waals surface area contributed by atoms with E-state index in [2.05, 4.69) is 0 Å². The average Bonchev–Trinajstić information content (AvgIpc) is 0.719. The summed E-state index contributed by atoms with van der Waals surface area (Å²) in [5, 5.41) is 174. The summed E-state index contributed by atoms with van der Waals surface area (Å²) in [4.78, 5) is 86.0. The number of methoxy groups -OCH3 is 4. The van der Waals surface area contributed by atoms with Crippen molar-refractivity contribution in [2.24, 2.45) is 11.8 Å². The van der Waals surface area contributed by atoms with Crippen LogP contribution >= 0.6 is 0 Å². The molecule has 16 N–H and O–H groups in total. The summed E-state index contributed by atoms with van der Waals surface area (Å²) >= 11 is 0. The van der Waals surface area contributed by atoms with Gasteiger partial charge in [0.25, 0.3) is 0 Å². The van der Waals surface area contributed by atoms with Gasteiger partial charge in [-0.1, -0.05) is 13.8 Å². The van der Waals surface area contributed by atoms with Crippen molar-refractivity contribution >= 4 is 34.7 Å². The Balaban J connectivity index is 0.000000162. The number of ether oxygens (including phenoxy) is 10. The van der Waals surface area contributed by atoms with Crippen LogP contribution in [0.25, 0.3) is 0 Å². The topological polar surface area (TPSA) is 525 Å². The number of aliphatic hydroxyl groups is 10. The first-order valence-corrected chi connectivity index (χ1v) is 44.4. The highest BCUT2D eigenvalue weighted by Gasteiger charge is 2.59. The normalized spacial score (nSPS) is 35.0. The first kappa shape index (κ1) is 99.2. The lowest BCUT2D eigenvalue weighted by atomic mass is 9.72. The summed E-state index contributed by atoms with van der Waals surface area (Å²) in [6.07, 6.45) is -10.3. The van der Waals surface area contributed by atoms with Gasteiger partial charge in [-0.3, -0.25) is 28.8 Å². The van der Waals surface area contributed by atoms with Crippen molar-refractivity contribution in [2.45, 2.75) is 291 Å². The second-order valence-electron chi connectivity index (χ2n) is 39.8. The number of likely N-dealkylation sites (N-methyl/N-ethyl adjacent to an activating group) is 2. The quantitative estimate of drug-likeness (QED) is 0.0471. The molecule has 4 fully saturated rings. The Morgan fingerprint density at radius 3 is 1.05 bits per heavy atom. The number of rotatable bonds is 17. The van der Waals surface area contributed by atoms with E-state index in [1.54, 1.807) is 41.5 Å². The lowest BCUT2D eigenvalue weighted by molar-refractivity contribution is -0.331. The molecule has 0 amide bonds. The number of benzene rings is 6. The Labute approximate surface area is 764 Å². The van der Waals surface area contributed by atoms with Gasteiger partial charge in [0.05, 0.1) is 135 Å². The van der Waals surface area contributed by atoms with E-state index in [4.69, 9.17) is 47.4 Å². The first-order chi connectivity index (χ1) is 61.6. The Morgan fingerprint density at radius 2 is 0.720 bits per heavy atom. The van der Waals surface area contributed by atoms with Gasteiger partial charge in [0, 0.05) is 123 Å². The van der Waals surface area contributed by atoms with Gasteiger partial charge in [0.2, 0.25) is 17.3 Å². The van der Waals surface area contributed by atoms with E-state index in [-0.39, 0.29) is 163 Å². The van der Waals surface area contributed by atoms with E-state index in [0.717, 1.165) is 0 Å². The molecule has 0 bridgehead atoms. The summed E-state index contributed by atoms with van der Waals surface area (Å²) in [5.41, 5.74) is -8.19. The zero-order chi connectivity index (χ0) is 97.0. The smallest absolute Gasteiger partial charge is 0.201 e. The lowest BCUT2D eigenvalue weighted by Gasteiger charge is -2.54. The number of phenols is 6. The zero-order valence-electron chi connectivity index (χ0n) is 77.7. The number of nitrogens with zero attached hydrogens (tertiary/aromatic N) is 2. The van der Waals surface area contributed by atoms with Gasteiger partial charge in [-0.25, -0.2) is 0 Å². The number of phenolic OH excluding ortho intramolecular Hbond substituents is 6. The number of fused-ring (bicyclic) bond motifs is 9. The van der Waals surface area contributed by atoms with Crippen LogP contribution in [0.1, 0.15) is 279 Å². The minimum absolute atomic E-state index is 0.00731. The molecule has 132 heavy (non-hydrogen) atoms. The van der Waals surface area contributed by atoms with Crippen LogP contribution in [0.2, 0.25) is 0 Å². The highest BCUT2D eigenvalue weighted by atomic mass is 16.7. The largest absolute Gasteiger partial charge is 0.507 e. The predicted octanol–water partition coefficient (Wildman–Crippen LogP) is 6.37. The van der Waals surface area contributed by atoms with Crippen LogP contribution in [0, 0.1) is 11.8 Å². The molecule has 34 heteroatoms. The molecule has 6 aromatic carbocycles. The van der Waals surface area contributed by atoms with Crippen LogP contribution in [0.4, 0.5) is 0 Å². The van der Waals surface area contributed by atoms with Crippen LogP contribution < -0.4 is 0 Å². The summed E-state index contributed by atoms with van der Waals surface area (Å²) < 4.78 is 62.0. The molecule has 2 saturated heterocycles. The van der Waals surface area contributed by atoms with Crippen LogP contribution in [0.3, 0.4) is 0 Å². The number of hydrogen-bond donors (Lipinski definition) is 16. The monoisotopic (exact) mass is 1840 g/mol. The third-order valence-corrected chi connectivity index (χ3v) is 29.3. The third-order valence-electron chi connectivity index (χ3n) is 29.3. The maximum atomic E-state index is 13.9. The fourth-order valence-electron chi connectivity index (χ4n) is 22.9. The minimum atomic E-state index is -1.54. The summed E-state index contributed by atoms with van der Waals surface area (Å²) in [5.74, 6) is -7.49. The molecule has 2 saturated carbocycles. The van der Waals surface area contributed by atoms with Gasteiger partial charge in [-0.2, -0.15) is 0 Å². The van der Waals surface area contributed by atoms with Gasteiger partial charge < -0.3 is 139 Å². The van der Waals surface area contributed by atoms with Crippen molar-refractivity contribution in [3.63, 3.8) is 0 Å². The van der Waals surface area contributed by atoms with Gasteiger partial charge in [-0.15, -0.1) is 0 Å². The van der Waals surface area contributed by atoms with Gasteiger partial charge in [0.1, 0.15) is 77.2 Å². The molecule has 2 aliphatic heterocycles. The molecule has 6 aromatic rings. The maximum Gasteiger partial charge on any atom is 0.201 e. The molecular formula is C98H124N2O32. The molecular weight excluding hydrogens is 1720 g/mol. The Bertz CT molecular complexity index is 5580. The summed E-state index contributed by atoms with van der Waals surface area (Å²) in [6, 6.07) is 11.8. The van der Waals surface area contributed by atoms with E-state index in [1.165, 1.54) is 90.0 Å². The van der Waals surface area contributed by atoms with E-state index in [1.807, 2.05) is 65.7 Å². The van der Waals surface area contributed by atoms with Crippen LogP contribution in [-0.2, 0) is 86.5 Å². The number of ketones is 6. The fourth-order valence-corrected chi connectivity index (χ4v) is 22.9. The average molecular weight is 1840 g/mol. The van der Waals surface area contributed by atoms with Gasteiger partial charge >= 0.3 is 0 Å². The van der Waals surface area contributed by atoms with E-state index < -0.39 is 214 Å². The Hall–Kier alpha value is -8.74. The molecule has 2 heterocycles. The highest BCUT2D eigenvalue weighted by molar-refractivity contribution is 6.32. The zero-order valence-corrected chi connectivity index (χ0v) is 77.7. The predicted molar refractivity (Wildman–Crippen MR) is 469 cm³/mol. The van der Waals surface area contributed by atoms with Gasteiger partial charge in [-0.05, 0) is 203 Å². The van der Waals surface area contributed by atoms with Crippen LogP contribution in [-0.4, -0.2) is 302 Å². The number of carbonyl (C=O) groups excluding carboxylic acids is 6.